The van der Waals surface area contributed by atoms with Gasteiger partial charge in [0.05, 0.1) is 5.69 Å². The molecule has 1 aliphatic rings. The van der Waals surface area contributed by atoms with E-state index in [9.17, 15) is 0 Å². The quantitative estimate of drug-likeness (QED) is 0.152. The van der Waals surface area contributed by atoms with Gasteiger partial charge in [0.15, 0.2) is 0 Å². The van der Waals surface area contributed by atoms with Crippen molar-refractivity contribution < 1.29 is 4.42 Å². The van der Waals surface area contributed by atoms with Crippen LogP contribution in [0.4, 0.5) is 17.1 Å². The highest BCUT2D eigenvalue weighted by atomic mass is 16.3. The molecule has 2 heteroatoms. The van der Waals surface area contributed by atoms with Gasteiger partial charge in [-0.2, -0.15) is 0 Å². The monoisotopic (exact) mass is 817 g/mol. The normalized spacial score (nSPS) is 13.9. The predicted molar refractivity (Wildman–Crippen MR) is 270 cm³/mol. The topological polar surface area (TPSA) is 16.4 Å². The van der Waals surface area contributed by atoms with Crippen molar-refractivity contribution in [1.82, 2.24) is 0 Å². The molecule has 0 saturated heterocycles. The fraction of sp³-hybridized carbons (Fsp3) is 0.0323. The van der Waals surface area contributed by atoms with Gasteiger partial charge in [0.25, 0.3) is 0 Å². The Kier molecular flexibility index (Phi) is 9.34. The molecule has 0 spiro atoms. The number of furan rings is 1. The van der Waals surface area contributed by atoms with Gasteiger partial charge in [0.2, 0.25) is 0 Å². The first-order chi connectivity index (χ1) is 31.7. The Morgan fingerprint density at radius 2 is 1.02 bits per heavy atom. The maximum Gasteiger partial charge on any atom is 0.143 e. The SMILES string of the molecule is C1=C(c2ccccc2)C(c2ccccc2)=CC(c2ccc(N(c3cccc(-c4cccc5ccccc45)c3)c3ccccc3-c3ccc4oc5c6ccccc6ccc5c4c3)cc2)C1. The Balaban J connectivity index is 0.986. The molecule has 1 unspecified atom stereocenters. The van der Waals surface area contributed by atoms with Crippen molar-refractivity contribution >= 4 is 71.7 Å². The largest absolute Gasteiger partial charge is 0.455 e. The first-order valence-electron chi connectivity index (χ1n) is 22.2. The highest BCUT2D eigenvalue weighted by molar-refractivity contribution is 6.16. The van der Waals surface area contributed by atoms with Gasteiger partial charge in [-0.25, -0.2) is 0 Å². The van der Waals surface area contributed by atoms with Crippen molar-refractivity contribution in [3.05, 3.63) is 259 Å². The van der Waals surface area contributed by atoms with Gasteiger partial charge < -0.3 is 9.32 Å². The Morgan fingerprint density at radius 3 is 1.83 bits per heavy atom. The minimum atomic E-state index is 0.237. The van der Waals surface area contributed by atoms with Crippen molar-refractivity contribution in [3.8, 4) is 22.3 Å². The third kappa shape index (κ3) is 6.68. The summed E-state index contributed by atoms with van der Waals surface area (Å²) >= 11 is 0. The van der Waals surface area contributed by atoms with Gasteiger partial charge in [-0.15, -0.1) is 0 Å². The van der Waals surface area contributed by atoms with E-state index in [0.29, 0.717) is 0 Å². The predicted octanol–water partition coefficient (Wildman–Crippen LogP) is 17.4. The molecule has 2 nitrogen and oxygen atoms in total. The summed E-state index contributed by atoms with van der Waals surface area (Å²) in [6, 6.07) is 83.5. The summed E-state index contributed by atoms with van der Waals surface area (Å²) in [6.07, 6.45) is 5.84. The first-order valence-corrected chi connectivity index (χ1v) is 22.2. The lowest BCUT2D eigenvalue weighted by molar-refractivity contribution is 0.672. The Labute approximate surface area is 373 Å². The van der Waals surface area contributed by atoms with E-state index >= 15 is 0 Å². The lowest BCUT2D eigenvalue weighted by atomic mass is 9.81. The summed E-state index contributed by atoms with van der Waals surface area (Å²) in [5.74, 6) is 0.237. The maximum absolute atomic E-state index is 6.56. The number of fused-ring (bicyclic) bond motifs is 6. The number of anilines is 3. The zero-order valence-corrected chi connectivity index (χ0v) is 35.2. The van der Waals surface area contributed by atoms with Gasteiger partial charge in [-0.05, 0) is 116 Å². The van der Waals surface area contributed by atoms with Gasteiger partial charge in [-0.3, -0.25) is 0 Å². The van der Waals surface area contributed by atoms with Crippen molar-refractivity contribution in [2.45, 2.75) is 12.3 Å². The molecule has 0 fully saturated rings. The van der Waals surface area contributed by atoms with Crippen molar-refractivity contribution in [1.29, 1.82) is 0 Å². The molecule has 0 aliphatic heterocycles. The van der Waals surface area contributed by atoms with Gasteiger partial charge in [0, 0.05) is 39.0 Å². The number of nitrogens with zero attached hydrogens (tertiary/aromatic N) is 1. The van der Waals surface area contributed by atoms with Crippen LogP contribution in [-0.2, 0) is 0 Å². The van der Waals surface area contributed by atoms with Crippen molar-refractivity contribution in [2.75, 3.05) is 4.90 Å². The Morgan fingerprint density at radius 1 is 0.391 bits per heavy atom. The molecule has 1 aliphatic carbocycles. The second kappa shape index (κ2) is 15.9. The highest BCUT2D eigenvalue weighted by Gasteiger charge is 2.23. The molecule has 302 valence electrons. The van der Waals surface area contributed by atoms with Crippen molar-refractivity contribution in [2.24, 2.45) is 0 Å². The van der Waals surface area contributed by atoms with Gasteiger partial charge in [0.1, 0.15) is 11.2 Å². The van der Waals surface area contributed by atoms with Crippen LogP contribution in [0.1, 0.15) is 29.0 Å². The zero-order valence-electron chi connectivity index (χ0n) is 35.2. The van der Waals surface area contributed by atoms with Crippen LogP contribution >= 0.6 is 0 Å². The molecular weight excluding hydrogens is 775 g/mol. The van der Waals surface area contributed by atoms with E-state index in [-0.39, 0.29) is 5.92 Å². The minimum Gasteiger partial charge on any atom is -0.455 e. The molecule has 10 aromatic carbocycles. The average Bonchev–Trinajstić information content (AvgIpc) is 3.76. The second-order valence-corrected chi connectivity index (χ2v) is 16.8. The summed E-state index contributed by atoms with van der Waals surface area (Å²) in [5.41, 5.74) is 16.1. The summed E-state index contributed by atoms with van der Waals surface area (Å²) in [6.45, 7) is 0. The molecule has 1 heterocycles. The Hall–Kier alpha value is -8.20. The van der Waals surface area contributed by atoms with Gasteiger partial charge >= 0.3 is 0 Å². The molecule has 12 rings (SSSR count). The van der Waals surface area contributed by atoms with Crippen molar-refractivity contribution in [3.63, 3.8) is 0 Å². The number of allylic oxidation sites excluding steroid dienone is 4. The maximum atomic E-state index is 6.56. The highest BCUT2D eigenvalue weighted by Crippen LogP contribution is 2.46. The minimum absolute atomic E-state index is 0.237. The van der Waals surface area contributed by atoms with Crippen LogP contribution in [0.5, 0.6) is 0 Å². The van der Waals surface area contributed by atoms with E-state index in [2.05, 4.69) is 248 Å². The third-order valence-electron chi connectivity index (χ3n) is 13.0. The molecule has 0 bridgehead atoms. The fourth-order valence-electron chi connectivity index (χ4n) is 9.88. The van der Waals surface area contributed by atoms with Crippen LogP contribution < -0.4 is 4.90 Å². The number of hydrogen-bond donors (Lipinski definition) is 0. The third-order valence-corrected chi connectivity index (χ3v) is 13.0. The summed E-state index contributed by atoms with van der Waals surface area (Å²) < 4.78 is 6.56. The van der Waals surface area contributed by atoms with Crippen LogP contribution in [-0.4, -0.2) is 0 Å². The number of hydrogen-bond acceptors (Lipinski definition) is 2. The molecule has 1 aromatic heterocycles. The molecular formula is C62H43NO. The molecule has 0 saturated carbocycles. The van der Waals surface area contributed by atoms with E-state index in [4.69, 9.17) is 4.42 Å². The van der Waals surface area contributed by atoms with E-state index in [1.165, 1.54) is 55.1 Å². The molecule has 11 aromatic rings. The number of para-hydroxylation sites is 1. The van der Waals surface area contributed by atoms with E-state index in [1.807, 2.05) is 0 Å². The summed E-state index contributed by atoms with van der Waals surface area (Å²) in [7, 11) is 0. The lowest BCUT2D eigenvalue weighted by Gasteiger charge is -2.29. The van der Waals surface area contributed by atoms with E-state index in [1.54, 1.807) is 0 Å². The fourth-order valence-corrected chi connectivity index (χ4v) is 9.88. The van der Waals surface area contributed by atoms with Crippen LogP contribution in [0.15, 0.2) is 247 Å². The Bertz CT molecular complexity index is 3570. The standard InChI is InChI=1S/C62H43NO/c1-3-15-43(16-4-1)54-36-32-47(40-58(54)45-17-5-2-6-18-45)42-29-34-50(35-30-42)63(51-23-13-22-48(39-51)53-27-14-21-44-19-7-9-24-52(44)53)60-28-12-11-25-55(60)49-33-38-61-59(41-49)57-37-31-46-20-8-10-26-56(46)62(57)64-61/h1-31,33-41,47H,32H2. The smallest absolute Gasteiger partial charge is 0.143 e. The summed E-state index contributed by atoms with van der Waals surface area (Å²) in [4.78, 5) is 2.43. The molecule has 0 amide bonds. The van der Waals surface area contributed by atoms with Crippen LogP contribution in [0.25, 0.3) is 76.9 Å². The molecule has 0 N–H and O–H groups in total. The first kappa shape index (κ1) is 37.6. The number of rotatable bonds is 8. The van der Waals surface area contributed by atoms with E-state index < -0.39 is 0 Å². The van der Waals surface area contributed by atoms with Crippen LogP contribution in [0, 0.1) is 0 Å². The second-order valence-electron chi connectivity index (χ2n) is 16.8. The van der Waals surface area contributed by atoms with Crippen LogP contribution in [0.3, 0.4) is 0 Å². The lowest BCUT2D eigenvalue weighted by Crippen LogP contribution is -2.12. The average molecular weight is 818 g/mol. The van der Waals surface area contributed by atoms with E-state index in [0.717, 1.165) is 61.9 Å². The number of benzene rings is 10. The summed E-state index contributed by atoms with van der Waals surface area (Å²) in [5, 5.41) is 7.02. The molecule has 64 heavy (non-hydrogen) atoms. The zero-order chi connectivity index (χ0) is 42.4. The molecule has 0 radical (unpaired) electrons. The van der Waals surface area contributed by atoms with Crippen LogP contribution in [0.2, 0.25) is 0 Å². The molecule has 1 atom stereocenters. The van der Waals surface area contributed by atoms with Gasteiger partial charge in [-0.1, -0.05) is 194 Å².